The van der Waals surface area contributed by atoms with Crippen molar-refractivity contribution in [3.8, 4) is 5.75 Å². The number of ether oxygens (including phenoxy) is 1. The summed E-state index contributed by atoms with van der Waals surface area (Å²) in [5.74, 6) is 1.22. The Morgan fingerprint density at radius 1 is 1.48 bits per heavy atom. The van der Waals surface area contributed by atoms with Gasteiger partial charge in [-0.1, -0.05) is 18.2 Å². The summed E-state index contributed by atoms with van der Waals surface area (Å²) >= 11 is 1.70. The number of carbonyl (C=O) groups is 1. The highest BCUT2D eigenvalue weighted by Crippen LogP contribution is 2.60. The predicted octanol–water partition coefficient (Wildman–Crippen LogP) is 2.85. The molecule has 1 amide bonds. The van der Waals surface area contributed by atoms with Crippen LogP contribution in [0.4, 0.5) is 0 Å². The van der Waals surface area contributed by atoms with E-state index in [9.17, 15) is 4.79 Å². The number of para-hydroxylation sites is 1. The van der Waals surface area contributed by atoms with Crippen LogP contribution in [0.2, 0.25) is 0 Å². The highest BCUT2D eigenvalue weighted by atomic mass is 32.1. The number of fused-ring (bicyclic) bond motifs is 2. The Morgan fingerprint density at radius 3 is 3.17 bits per heavy atom. The summed E-state index contributed by atoms with van der Waals surface area (Å²) in [6.45, 7) is 3.42. The normalized spacial score (nSPS) is 24.8. The summed E-state index contributed by atoms with van der Waals surface area (Å²) in [5.41, 5.74) is 1.22. The van der Waals surface area contributed by atoms with Crippen LogP contribution in [0.1, 0.15) is 28.3 Å². The third-order valence-corrected chi connectivity index (χ3v) is 5.90. The Bertz CT molecular complexity index is 742. The van der Waals surface area contributed by atoms with Crippen LogP contribution in [0.5, 0.6) is 5.75 Å². The first-order chi connectivity index (χ1) is 11.2. The quantitative estimate of drug-likeness (QED) is 0.939. The second kappa shape index (κ2) is 5.64. The van der Waals surface area contributed by atoms with Crippen LogP contribution >= 0.6 is 11.3 Å². The average molecular weight is 328 g/mol. The van der Waals surface area contributed by atoms with Gasteiger partial charge >= 0.3 is 0 Å². The molecule has 1 aromatic carbocycles. The summed E-state index contributed by atoms with van der Waals surface area (Å²) in [4.78, 5) is 18.1. The highest BCUT2D eigenvalue weighted by Gasteiger charge is 2.60. The lowest BCUT2D eigenvalue weighted by Gasteiger charge is -2.26. The van der Waals surface area contributed by atoms with E-state index in [1.165, 1.54) is 10.4 Å². The van der Waals surface area contributed by atoms with Gasteiger partial charge in [-0.05, 0) is 25.8 Å². The fourth-order valence-corrected chi connectivity index (χ4v) is 4.42. The van der Waals surface area contributed by atoms with Gasteiger partial charge in [0.15, 0.2) is 0 Å². The maximum absolute atomic E-state index is 12.5. The van der Waals surface area contributed by atoms with Crippen LogP contribution in [0.3, 0.4) is 0 Å². The van der Waals surface area contributed by atoms with Gasteiger partial charge in [-0.25, -0.2) is 4.98 Å². The van der Waals surface area contributed by atoms with Crippen molar-refractivity contribution in [2.24, 2.45) is 5.92 Å². The van der Waals surface area contributed by atoms with Crippen molar-refractivity contribution in [2.75, 3.05) is 13.2 Å². The molecule has 1 N–H and O–H groups in total. The maximum atomic E-state index is 12.5. The molecule has 4 rings (SSSR count). The number of amides is 1. The standard InChI is InChI=1S/C18H20N2O2S/c1-12-11-20-16(23-12)6-8-19-17(21)14-10-18(14)7-9-22-15-5-3-2-4-13(15)18/h2-5,11,14H,6-10H2,1H3,(H,19,21)/t14-,18-/m0/s1. The fourth-order valence-electron chi connectivity index (χ4n) is 3.64. The minimum absolute atomic E-state index is 0.0106. The van der Waals surface area contributed by atoms with Crippen LogP contribution in [0.15, 0.2) is 30.5 Å². The number of rotatable bonds is 4. The number of benzene rings is 1. The molecule has 5 heteroatoms. The second-order valence-electron chi connectivity index (χ2n) is 6.41. The van der Waals surface area contributed by atoms with E-state index in [1.54, 1.807) is 11.3 Å². The summed E-state index contributed by atoms with van der Waals surface area (Å²) in [5, 5.41) is 4.18. The summed E-state index contributed by atoms with van der Waals surface area (Å²) in [6, 6.07) is 8.15. The van der Waals surface area contributed by atoms with Crippen molar-refractivity contribution in [2.45, 2.75) is 31.6 Å². The molecule has 0 unspecified atom stereocenters. The van der Waals surface area contributed by atoms with Crippen LogP contribution in [-0.2, 0) is 16.6 Å². The Balaban J connectivity index is 1.38. The molecule has 1 spiro atoms. The van der Waals surface area contributed by atoms with Crippen LogP contribution in [0.25, 0.3) is 0 Å². The molecule has 1 aliphatic carbocycles. The molecule has 2 heterocycles. The van der Waals surface area contributed by atoms with Crippen molar-refractivity contribution in [1.82, 2.24) is 10.3 Å². The molecule has 23 heavy (non-hydrogen) atoms. The number of carbonyl (C=O) groups excluding carboxylic acids is 1. The smallest absolute Gasteiger partial charge is 0.224 e. The van der Waals surface area contributed by atoms with Crippen molar-refractivity contribution in [1.29, 1.82) is 0 Å². The van der Waals surface area contributed by atoms with Gasteiger partial charge in [-0.15, -0.1) is 11.3 Å². The Labute approximate surface area is 139 Å². The van der Waals surface area contributed by atoms with E-state index in [0.717, 1.165) is 30.0 Å². The predicted molar refractivity (Wildman–Crippen MR) is 89.9 cm³/mol. The van der Waals surface area contributed by atoms with Gasteiger partial charge in [0, 0.05) is 40.9 Å². The van der Waals surface area contributed by atoms with E-state index in [0.29, 0.717) is 13.2 Å². The first-order valence-electron chi connectivity index (χ1n) is 8.10. The molecule has 1 aliphatic heterocycles. The molecule has 2 atom stereocenters. The van der Waals surface area contributed by atoms with Crippen molar-refractivity contribution in [3.63, 3.8) is 0 Å². The molecule has 1 saturated carbocycles. The number of nitrogens with zero attached hydrogens (tertiary/aromatic N) is 1. The zero-order chi connectivity index (χ0) is 15.9. The van der Waals surface area contributed by atoms with E-state index < -0.39 is 0 Å². The number of thiazole rings is 1. The number of nitrogens with one attached hydrogen (secondary N) is 1. The third-order valence-electron chi connectivity index (χ3n) is 4.93. The molecule has 4 nitrogen and oxygen atoms in total. The van der Waals surface area contributed by atoms with E-state index in [-0.39, 0.29) is 17.2 Å². The van der Waals surface area contributed by atoms with Crippen LogP contribution < -0.4 is 10.1 Å². The van der Waals surface area contributed by atoms with Crippen LogP contribution in [-0.4, -0.2) is 24.0 Å². The number of hydrogen-bond donors (Lipinski definition) is 1. The molecule has 1 aromatic heterocycles. The van der Waals surface area contributed by atoms with E-state index >= 15 is 0 Å². The average Bonchev–Trinajstić information content (AvgIpc) is 3.12. The Kier molecular flexibility index (Phi) is 3.60. The van der Waals surface area contributed by atoms with Crippen molar-refractivity contribution in [3.05, 3.63) is 45.9 Å². The zero-order valence-electron chi connectivity index (χ0n) is 13.2. The molecule has 0 saturated heterocycles. The summed E-state index contributed by atoms with van der Waals surface area (Å²) < 4.78 is 5.73. The van der Waals surface area contributed by atoms with E-state index in [2.05, 4.69) is 23.3 Å². The molecular weight excluding hydrogens is 308 g/mol. The SMILES string of the molecule is Cc1cnc(CCNC(=O)[C@@H]2C[C@]23CCOc2ccccc23)s1. The van der Waals surface area contributed by atoms with Gasteiger partial charge < -0.3 is 10.1 Å². The van der Waals surface area contributed by atoms with E-state index in [4.69, 9.17) is 4.74 Å². The minimum Gasteiger partial charge on any atom is -0.493 e. The number of hydrogen-bond acceptors (Lipinski definition) is 4. The molecule has 0 bridgehead atoms. The largest absolute Gasteiger partial charge is 0.493 e. The minimum atomic E-state index is 0.0106. The molecule has 2 aromatic rings. The molecule has 2 aliphatic rings. The highest BCUT2D eigenvalue weighted by molar-refractivity contribution is 7.11. The lowest BCUT2D eigenvalue weighted by molar-refractivity contribution is -0.122. The molecular formula is C18H20N2O2S. The third kappa shape index (κ3) is 2.63. The fraction of sp³-hybridized carbons (Fsp3) is 0.444. The lowest BCUT2D eigenvalue weighted by atomic mass is 9.87. The molecule has 1 fully saturated rings. The maximum Gasteiger partial charge on any atom is 0.224 e. The zero-order valence-corrected chi connectivity index (χ0v) is 14.0. The van der Waals surface area contributed by atoms with Gasteiger partial charge in [0.2, 0.25) is 5.91 Å². The van der Waals surface area contributed by atoms with E-state index in [1.807, 2.05) is 24.4 Å². The van der Waals surface area contributed by atoms with Gasteiger partial charge in [-0.2, -0.15) is 0 Å². The van der Waals surface area contributed by atoms with Gasteiger partial charge in [0.05, 0.1) is 11.6 Å². The van der Waals surface area contributed by atoms with Crippen molar-refractivity contribution < 1.29 is 9.53 Å². The molecule has 0 radical (unpaired) electrons. The first kappa shape index (κ1) is 14.7. The topological polar surface area (TPSA) is 51.2 Å². The summed E-state index contributed by atoms with van der Waals surface area (Å²) in [7, 11) is 0. The number of aryl methyl sites for hydroxylation is 1. The summed E-state index contributed by atoms with van der Waals surface area (Å²) in [6.07, 6.45) is 4.57. The monoisotopic (exact) mass is 328 g/mol. The van der Waals surface area contributed by atoms with Gasteiger partial charge in [0.1, 0.15) is 5.75 Å². The number of aromatic nitrogens is 1. The first-order valence-corrected chi connectivity index (χ1v) is 8.92. The molecule has 120 valence electrons. The van der Waals surface area contributed by atoms with Gasteiger partial charge in [0.25, 0.3) is 0 Å². The Hall–Kier alpha value is -1.88. The van der Waals surface area contributed by atoms with Crippen LogP contribution in [0, 0.1) is 12.8 Å². The second-order valence-corrected chi connectivity index (χ2v) is 7.73. The lowest BCUT2D eigenvalue weighted by Crippen LogP contribution is -2.32. The van der Waals surface area contributed by atoms with Crippen molar-refractivity contribution >= 4 is 17.2 Å². The Morgan fingerprint density at radius 2 is 2.35 bits per heavy atom. The van der Waals surface area contributed by atoms with Gasteiger partial charge in [-0.3, -0.25) is 4.79 Å².